The number of benzene rings is 1. The molecule has 0 unspecified atom stereocenters. The van der Waals surface area contributed by atoms with E-state index in [0.29, 0.717) is 0 Å². The molecule has 0 radical (unpaired) electrons. The van der Waals surface area contributed by atoms with Gasteiger partial charge in [0.25, 0.3) is 0 Å². The maximum Gasteiger partial charge on any atom is 0.238 e. The van der Waals surface area contributed by atoms with E-state index >= 15 is 0 Å². The summed E-state index contributed by atoms with van der Waals surface area (Å²) < 4.78 is 26.6. The predicted octanol–water partition coefficient (Wildman–Crippen LogP) is 2.39. The third kappa shape index (κ3) is 3.26. The maximum absolute atomic E-state index is 13.3. The minimum Gasteiger partial charge on any atom is -0.320 e. The summed E-state index contributed by atoms with van der Waals surface area (Å²) in [6, 6.07) is 3.52. The second-order valence-corrected chi connectivity index (χ2v) is 4.48. The Labute approximate surface area is 105 Å². The monoisotopic (exact) mass is 254 g/mol. The van der Waals surface area contributed by atoms with Gasteiger partial charge in [-0.25, -0.2) is 8.78 Å². The Morgan fingerprint density at radius 2 is 1.78 bits per heavy atom. The Morgan fingerprint density at radius 3 is 2.39 bits per heavy atom. The average Bonchev–Trinajstić information content (AvgIpc) is 2.35. The van der Waals surface area contributed by atoms with Gasteiger partial charge in [-0.2, -0.15) is 0 Å². The van der Waals surface area contributed by atoms with Crippen LogP contribution in [0.15, 0.2) is 18.2 Å². The van der Waals surface area contributed by atoms with Crippen molar-refractivity contribution in [1.82, 2.24) is 4.90 Å². The highest BCUT2D eigenvalue weighted by atomic mass is 19.1. The molecule has 1 aromatic rings. The SMILES string of the molecule is O=C(CN1CCCCC1)Nc1c(F)cccc1F. The van der Waals surface area contributed by atoms with Crippen LogP contribution in [0.2, 0.25) is 0 Å². The zero-order valence-electron chi connectivity index (χ0n) is 10.1. The topological polar surface area (TPSA) is 32.3 Å². The number of piperidine rings is 1. The summed E-state index contributed by atoms with van der Waals surface area (Å²) in [4.78, 5) is 13.7. The van der Waals surface area contributed by atoms with E-state index in [1.54, 1.807) is 0 Å². The Bertz CT molecular complexity index is 411. The second kappa shape index (κ2) is 5.91. The molecule has 1 aliphatic rings. The van der Waals surface area contributed by atoms with Crippen LogP contribution in [-0.2, 0) is 4.79 Å². The molecule has 3 nitrogen and oxygen atoms in total. The van der Waals surface area contributed by atoms with Gasteiger partial charge >= 0.3 is 0 Å². The Hall–Kier alpha value is -1.49. The predicted molar refractivity (Wildman–Crippen MR) is 65.3 cm³/mol. The smallest absolute Gasteiger partial charge is 0.238 e. The van der Waals surface area contributed by atoms with Crippen molar-refractivity contribution in [3.63, 3.8) is 0 Å². The molecule has 1 amide bonds. The molecule has 0 saturated carbocycles. The molecule has 1 fully saturated rings. The molecular weight excluding hydrogens is 238 g/mol. The molecule has 2 rings (SSSR count). The molecule has 0 aromatic heterocycles. The standard InChI is InChI=1S/C13H16F2N2O/c14-10-5-4-6-11(15)13(10)16-12(18)9-17-7-2-1-3-8-17/h4-6H,1-3,7-9H2,(H,16,18). The number of hydrogen-bond donors (Lipinski definition) is 1. The molecule has 1 N–H and O–H groups in total. The fourth-order valence-corrected chi connectivity index (χ4v) is 2.12. The number of amides is 1. The van der Waals surface area contributed by atoms with Crippen molar-refractivity contribution in [3.8, 4) is 0 Å². The number of anilines is 1. The van der Waals surface area contributed by atoms with Gasteiger partial charge in [0.15, 0.2) is 0 Å². The first-order valence-corrected chi connectivity index (χ1v) is 6.13. The van der Waals surface area contributed by atoms with Crippen molar-refractivity contribution in [1.29, 1.82) is 0 Å². The molecule has 5 heteroatoms. The van der Waals surface area contributed by atoms with Crippen molar-refractivity contribution in [2.24, 2.45) is 0 Å². The highest BCUT2D eigenvalue weighted by molar-refractivity contribution is 5.92. The van der Waals surface area contributed by atoms with Gasteiger partial charge in [-0.3, -0.25) is 9.69 Å². The lowest BCUT2D eigenvalue weighted by Crippen LogP contribution is -2.37. The van der Waals surface area contributed by atoms with Crippen molar-refractivity contribution in [2.45, 2.75) is 19.3 Å². The van der Waals surface area contributed by atoms with E-state index < -0.39 is 11.6 Å². The van der Waals surface area contributed by atoms with E-state index in [4.69, 9.17) is 0 Å². The van der Waals surface area contributed by atoms with Crippen LogP contribution in [0.25, 0.3) is 0 Å². The third-order valence-electron chi connectivity index (χ3n) is 3.04. The summed E-state index contributed by atoms with van der Waals surface area (Å²) in [5.41, 5.74) is -0.362. The summed E-state index contributed by atoms with van der Waals surface area (Å²) in [5, 5.41) is 2.30. The Balaban J connectivity index is 1.94. The summed E-state index contributed by atoms with van der Waals surface area (Å²) in [7, 11) is 0. The van der Waals surface area contributed by atoms with Crippen LogP contribution in [0.3, 0.4) is 0 Å². The van der Waals surface area contributed by atoms with Gasteiger partial charge < -0.3 is 5.32 Å². The molecule has 0 aliphatic carbocycles. The number of carbonyl (C=O) groups is 1. The van der Waals surface area contributed by atoms with E-state index in [1.807, 2.05) is 4.90 Å². The Morgan fingerprint density at radius 1 is 1.17 bits per heavy atom. The van der Waals surface area contributed by atoms with E-state index in [9.17, 15) is 13.6 Å². The quantitative estimate of drug-likeness (QED) is 0.898. The fourth-order valence-electron chi connectivity index (χ4n) is 2.12. The zero-order chi connectivity index (χ0) is 13.0. The molecule has 0 bridgehead atoms. The zero-order valence-corrected chi connectivity index (χ0v) is 10.1. The van der Waals surface area contributed by atoms with E-state index in [2.05, 4.69) is 5.32 Å². The van der Waals surface area contributed by atoms with Crippen molar-refractivity contribution in [3.05, 3.63) is 29.8 Å². The van der Waals surface area contributed by atoms with Crippen LogP contribution >= 0.6 is 0 Å². The van der Waals surface area contributed by atoms with Crippen molar-refractivity contribution in [2.75, 3.05) is 25.0 Å². The van der Waals surface area contributed by atoms with Gasteiger partial charge in [0.1, 0.15) is 17.3 Å². The first-order chi connectivity index (χ1) is 8.66. The van der Waals surface area contributed by atoms with Crippen molar-refractivity contribution < 1.29 is 13.6 Å². The number of carbonyl (C=O) groups excluding carboxylic acids is 1. The third-order valence-corrected chi connectivity index (χ3v) is 3.04. The number of likely N-dealkylation sites (tertiary alicyclic amines) is 1. The van der Waals surface area contributed by atoms with Gasteiger partial charge in [0.05, 0.1) is 6.54 Å². The first-order valence-electron chi connectivity index (χ1n) is 6.13. The van der Waals surface area contributed by atoms with E-state index in [0.717, 1.165) is 38.1 Å². The van der Waals surface area contributed by atoms with Crippen LogP contribution in [0.1, 0.15) is 19.3 Å². The minimum atomic E-state index is -0.748. The van der Waals surface area contributed by atoms with E-state index in [-0.39, 0.29) is 18.1 Å². The summed E-state index contributed by atoms with van der Waals surface area (Å²) in [5.74, 6) is -1.87. The molecule has 18 heavy (non-hydrogen) atoms. The molecule has 98 valence electrons. The number of halogens is 2. The molecule has 0 atom stereocenters. The largest absolute Gasteiger partial charge is 0.320 e. The maximum atomic E-state index is 13.3. The number of nitrogens with one attached hydrogen (secondary N) is 1. The highest BCUT2D eigenvalue weighted by Crippen LogP contribution is 2.18. The van der Waals surface area contributed by atoms with Crippen LogP contribution in [0, 0.1) is 11.6 Å². The molecule has 1 heterocycles. The average molecular weight is 254 g/mol. The van der Waals surface area contributed by atoms with Gasteiger partial charge in [0.2, 0.25) is 5.91 Å². The normalized spacial score (nSPS) is 16.6. The molecule has 1 saturated heterocycles. The number of hydrogen-bond acceptors (Lipinski definition) is 2. The second-order valence-electron chi connectivity index (χ2n) is 4.48. The molecule has 1 aromatic carbocycles. The van der Waals surface area contributed by atoms with Gasteiger partial charge in [0, 0.05) is 0 Å². The van der Waals surface area contributed by atoms with Crippen LogP contribution < -0.4 is 5.32 Å². The van der Waals surface area contributed by atoms with Gasteiger partial charge in [-0.1, -0.05) is 12.5 Å². The molecule has 1 aliphatic heterocycles. The van der Waals surface area contributed by atoms with Crippen LogP contribution in [-0.4, -0.2) is 30.4 Å². The lowest BCUT2D eigenvalue weighted by molar-refractivity contribution is -0.117. The number of nitrogens with zero attached hydrogens (tertiary/aromatic N) is 1. The summed E-state index contributed by atoms with van der Waals surface area (Å²) in [6.45, 7) is 1.92. The van der Waals surface area contributed by atoms with Crippen LogP contribution in [0.4, 0.5) is 14.5 Å². The fraction of sp³-hybridized carbons (Fsp3) is 0.462. The molecule has 0 spiro atoms. The van der Waals surface area contributed by atoms with Crippen molar-refractivity contribution >= 4 is 11.6 Å². The lowest BCUT2D eigenvalue weighted by Gasteiger charge is -2.25. The van der Waals surface area contributed by atoms with Gasteiger partial charge in [-0.05, 0) is 38.1 Å². The summed E-state index contributed by atoms with van der Waals surface area (Å²) >= 11 is 0. The number of para-hydroxylation sites is 1. The Kier molecular flexibility index (Phi) is 4.25. The highest BCUT2D eigenvalue weighted by Gasteiger charge is 2.16. The lowest BCUT2D eigenvalue weighted by atomic mass is 10.1. The summed E-state index contributed by atoms with van der Waals surface area (Å²) in [6.07, 6.45) is 3.32. The van der Waals surface area contributed by atoms with Crippen LogP contribution in [0.5, 0.6) is 0 Å². The van der Waals surface area contributed by atoms with Gasteiger partial charge in [-0.15, -0.1) is 0 Å². The minimum absolute atomic E-state index is 0.188. The number of rotatable bonds is 3. The first kappa shape index (κ1) is 13.0. The molecular formula is C13H16F2N2O. The van der Waals surface area contributed by atoms with E-state index in [1.165, 1.54) is 12.5 Å².